The number of anilines is 1. The fourth-order valence-corrected chi connectivity index (χ4v) is 6.04. The van der Waals surface area contributed by atoms with Gasteiger partial charge in [0.2, 0.25) is 0 Å². The molecule has 3 aromatic rings. The molecule has 2 aliphatic heterocycles. The van der Waals surface area contributed by atoms with Crippen LogP contribution in [0.25, 0.3) is 11.1 Å². The molecule has 5 nitrogen and oxygen atoms in total. The number of aromatic nitrogens is 2. The molecule has 0 saturated carbocycles. The molecule has 0 radical (unpaired) electrons. The summed E-state index contributed by atoms with van der Waals surface area (Å²) in [7, 11) is 1.66. The molecule has 1 aromatic heterocycles. The second-order valence-electron chi connectivity index (χ2n) is 8.50. The van der Waals surface area contributed by atoms with Crippen molar-refractivity contribution in [3.05, 3.63) is 65.3 Å². The topological polar surface area (TPSA) is 58.5 Å². The number of hydrogen-bond donors (Lipinski definition) is 1. The summed E-state index contributed by atoms with van der Waals surface area (Å²) in [4.78, 5) is 11.8. The summed E-state index contributed by atoms with van der Waals surface area (Å²) in [5, 5.41) is 12.9. The van der Waals surface area contributed by atoms with Gasteiger partial charge in [0.25, 0.3) is 0 Å². The lowest BCUT2D eigenvalue weighted by molar-refractivity contribution is -0.00508. The zero-order chi connectivity index (χ0) is 22.3. The second kappa shape index (κ2) is 8.58. The molecular weight excluding hydrogens is 442 g/mol. The van der Waals surface area contributed by atoms with Gasteiger partial charge in [0.15, 0.2) is 5.16 Å². The summed E-state index contributed by atoms with van der Waals surface area (Å²) in [5.74, 6) is 1.61. The van der Waals surface area contributed by atoms with Gasteiger partial charge in [-0.05, 0) is 30.7 Å². The first-order valence-corrected chi connectivity index (χ1v) is 12.5. The fourth-order valence-electron chi connectivity index (χ4n) is 5.35. The second-order valence-corrected chi connectivity index (χ2v) is 9.63. The fraction of sp³-hybridized carbons (Fsp3) is 0.360. The van der Waals surface area contributed by atoms with Crippen molar-refractivity contribution >= 4 is 29.2 Å². The predicted octanol–water partition coefficient (Wildman–Crippen LogP) is 5.55. The number of fused-ring (bicyclic) bond motifs is 2. The van der Waals surface area contributed by atoms with Crippen molar-refractivity contribution < 1.29 is 9.84 Å². The molecule has 2 aliphatic rings. The van der Waals surface area contributed by atoms with Gasteiger partial charge in [-0.3, -0.25) is 0 Å². The number of rotatable bonds is 5. The van der Waals surface area contributed by atoms with Gasteiger partial charge in [0.05, 0.1) is 18.3 Å². The summed E-state index contributed by atoms with van der Waals surface area (Å²) in [6.07, 6.45) is 5.21. The van der Waals surface area contributed by atoms with Gasteiger partial charge in [-0.2, -0.15) is 0 Å². The van der Waals surface area contributed by atoms with Crippen LogP contribution in [-0.4, -0.2) is 40.5 Å². The van der Waals surface area contributed by atoms with Crippen LogP contribution < -0.4 is 9.64 Å². The monoisotopic (exact) mass is 467 g/mol. The number of thioether (sulfide) groups is 1. The minimum Gasteiger partial charge on any atom is -0.496 e. The van der Waals surface area contributed by atoms with Crippen LogP contribution in [0, 0.1) is 0 Å². The lowest BCUT2D eigenvalue weighted by atomic mass is 9.80. The lowest BCUT2D eigenvalue weighted by Crippen LogP contribution is -2.50. The first kappa shape index (κ1) is 21.6. The van der Waals surface area contributed by atoms with Gasteiger partial charge in [-0.25, -0.2) is 9.97 Å². The summed E-state index contributed by atoms with van der Waals surface area (Å²) in [6.45, 7) is 0. The summed E-state index contributed by atoms with van der Waals surface area (Å²) in [5.41, 5.74) is 1.81. The van der Waals surface area contributed by atoms with Crippen LogP contribution in [-0.2, 0) is 5.60 Å². The maximum absolute atomic E-state index is 11.8. The Hall–Kier alpha value is -2.28. The third-order valence-electron chi connectivity index (χ3n) is 6.69. The minimum absolute atomic E-state index is 0.159. The molecule has 0 aliphatic carbocycles. The summed E-state index contributed by atoms with van der Waals surface area (Å²) in [6, 6.07) is 18.2. The molecule has 0 unspecified atom stereocenters. The number of hydrogen-bond acceptors (Lipinski definition) is 6. The maximum atomic E-state index is 11.8. The summed E-state index contributed by atoms with van der Waals surface area (Å²) < 4.78 is 5.57. The molecule has 32 heavy (non-hydrogen) atoms. The average molecular weight is 468 g/mol. The van der Waals surface area contributed by atoms with Gasteiger partial charge in [-0.15, -0.1) is 0 Å². The van der Waals surface area contributed by atoms with E-state index in [1.54, 1.807) is 7.11 Å². The van der Waals surface area contributed by atoms with Crippen LogP contribution in [0.3, 0.4) is 0 Å². The zero-order valence-electron chi connectivity index (χ0n) is 18.2. The van der Waals surface area contributed by atoms with Crippen molar-refractivity contribution in [1.29, 1.82) is 0 Å². The molecule has 2 atom stereocenters. The van der Waals surface area contributed by atoms with Crippen molar-refractivity contribution in [1.82, 2.24) is 9.97 Å². The molecule has 5 rings (SSSR count). The number of methoxy groups -OCH3 is 1. The Balaban J connectivity index is 1.58. The maximum Gasteiger partial charge on any atom is 0.190 e. The van der Waals surface area contributed by atoms with Crippen molar-refractivity contribution in [3.8, 4) is 16.9 Å². The highest BCUT2D eigenvalue weighted by Gasteiger charge is 2.50. The van der Waals surface area contributed by atoms with Crippen molar-refractivity contribution in [3.63, 3.8) is 0 Å². The van der Waals surface area contributed by atoms with Crippen molar-refractivity contribution in [2.45, 2.75) is 48.5 Å². The van der Waals surface area contributed by atoms with Gasteiger partial charge >= 0.3 is 0 Å². The van der Waals surface area contributed by atoms with E-state index in [-0.39, 0.29) is 12.1 Å². The number of para-hydroxylation sites is 1. The first-order chi connectivity index (χ1) is 15.5. The van der Waals surface area contributed by atoms with E-state index in [2.05, 4.69) is 9.88 Å². The standard InChI is InChI=1S/C25H26ClN3O2S/c1-31-20-11-7-6-10-19(20)25(30)14-17-12-13-18(15-25)29(17)23-21(16-8-4-3-5-9-16)22(26)27-24(28-23)32-2/h3-11,17-18,30H,12-15H2,1-2H3/t17-,18-/m0/s1. The molecule has 2 bridgehead atoms. The Labute approximate surface area is 197 Å². The molecular formula is C25H26ClN3O2S. The Morgan fingerprint density at radius 2 is 1.69 bits per heavy atom. The Kier molecular flexibility index (Phi) is 5.78. The van der Waals surface area contributed by atoms with E-state index in [9.17, 15) is 5.11 Å². The zero-order valence-corrected chi connectivity index (χ0v) is 19.7. The molecule has 2 aromatic carbocycles. The molecule has 0 spiro atoms. The number of nitrogens with zero attached hydrogens (tertiary/aromatic N) is 3. The molecule has 7 heteroatoms. The molecule has 3 heterocycles. The Morgan fingerprint density at radius 3 is 2.34 bits per heavy atom. The SMILES string of the molecule is COc1ccccc1C1(O)C[C@@H]2CC[C@@H](C1)N2c1nc(SC)nc(Cl)c1-c1ccccc1. The molecule has 2 fully saturated rings. The van der Waals surface area contributed by atoms with E-state index in [0.29, 0.717) is 23.2 Å². The smallest absolute Gasteiger partial charge is 0.190 e. The highest BCUT2D eigenvalue weighted by molar-refractivity contribution is 7.98. The van der Waals surface area contributed by atoms with E-state index in [1.807, 2.05) is 60.9 Å². The third kappa shape index (κ3) is 3.64. The van der Waals surface area contributed by atoms with E-state index in [1.165, 1.54) is 11.8 Å². The largest absolute Gasteiger partial charge is 0.496 e. The first-order valence-electron chi connectivity index (χ1n) is 10.8. The van der Waals surface area contributed by atoms with E-state index >= 15 is 0 Å². The predicted molar refractivity (Wildman–Crippen MR) is 130 cm³/mol. The van der Waals surface area contributed by atoms with E-state index < -0.39 is 5.60 Å². The Bertz CT molecular complexity index is 1110. The molecule has 2 saturated heterocycles. The van der Waals surface area contributed by atoms with Crippen LogP contribution in [0.15, 0.2) is 59.8 Å². The number of aliphatic hydroxyl groups is 1. The third-order valence-corrected chi connectivity index (χ3v) is 7.51. The number of halogens is 1. The van der Waals surface area contributed by atoms with Gasteiger partial charge in [0.1, 0.15) is 16.7 Å². The number of ether oxygens (including phenoxy) is 1. The van der Waals surface area contributed by atoms with Gasteiger partial charge < -0.3 is 14.7 Å². The van der Waals surface area contributed by atoms with Crippen LogP contribution in [0.4, 0.5) is 5.82 Å². The normalized spacial score (nSPS) is 24.6. The average Bonchev–Trinajstić information content (AvgIpc) is 3.10. The molecule has 166 valence electrons. The molecule has 0 amide bonds. The van der Waals surface area contributed by atoms with Crippen molar-refractivity contribution in [2.24, 2.45) is 0 Å². The van der Waals surface area contributed by atoms with Gasteiger partial charge in [0, 0.05) is 30.5 Å². The van der Waals surface area contributed by atoms with Crippen molar-refractivity contribution in [2.75, 3.05) is 18.3 Å². The van der Waals surface area contributed by atoms with Gasteiger partial charge in [-0.1, -0.05) is 71.9 Å². The van der Waals surface area contributed by atoms with E-state index in [0.717, 1.165) is 41.1 Å². The van der Waals surface area contributed by atoms with Crippen LogP contribution in [0.5, 0.6) is 5.75 Å². The molecule has 1 N–H and O–H groups in total. The highest BCUT2D eigenvalue weighted by Crippen LogP contribution is 2.51. The highest BCUT2D eigenvalue weighted by atomic mass is 35.5. The van der Waals surface area contributed by atoms with Crippen LogP contribution in [0.1, 0.15) is 31.2 Å². The number of piperidine rings is 1. The number of benzene rings is 2. The van der Waals surface area contributed by atoms with Crippen LogP contribution >= 0.6 is 23.4 Å². The summed E-state index contributed by atoms with van der Waals surface area (Å²) >= 11 is 8.21. The quantitative estimate of drug-likeness (QED) is 0.302. The van der Waals surface area contributed by atoms with E-state index in [4.69, 9.17) is 21.3 Å². The Morgan fingerprint density at radius 1 is 1.03 bits per heavy atom. The lowest BCUT2D eigenvalue weighted by Gasteiger charge is -2.45. The van der Waals surface area contributed by atoms with Crippen LogP contribution in [0.2, 0.25) is 5.15 Å². The minimum atomic E-state index is -0.930.